The molecule has 0 aromatic heterocycles. The van der Waals surface area contributed by atoms with Crippen LogP contribution in [0.2, 0.25) is 0 Å². The molecule has 154 valence electrons. The van der Waals surface area contributed by atoms with Crippen LogP contribution in [0.15, 0.2) is 107 Å². The van der Waals surface area contributed by atoms with Crippen LogP contribution >= 0.6 is 11.8 Å². The molecule has 0 spiro atoms. The molecule has 0 radical (unpaired) electrons. The number of carbonyl (C=O) groups excluding carboxylic acids is 1. The molecule has 1 fully saturated rings. The van der Waals surface area contributed by atoms with Crippen molar-refractivity contribution in [2.75, 3.05) is 6.61 Å². The number of para-hydroxylation sites is 1. The first-order valence-electron chi connectivity index (χ1n) is 9.96. The van der Waals surface area contributed by atoms with Gasteiger partial charge in [-0.1, -0.05) is 73.3 Å². The Morgan fingerprint density at radius 3 is 2.29 bits per heavy atom. The van der Waals surface area contributed by atoms with Crippen LogP contribution in [0.4, 0.5) is 5.69 Å². The monoisotopic (exact) mass is 426 g/mol. The molecule has 1 amide bonds. The van der Waals surface area contributed by atoms with Gasteiger partial charge in [-0.25, -0.2) is 4.99 Å². The topological polar surface area (TPSA) is 41.9 Å². The van der Waals surface area contributed by atoms with Gasteiger partial charge in [-0.3, -0.25) is 9.69 Å². The number of benzene rings is 3. The van der Waals surface area contributed by atoms with Crippen LogP contribution < -0.4 is 4.74 Å². The number of aliphatic imine (C=N–C) groups is 1. The molecular formula is C26H22N2O2S. The van der Waals surface area contributed by atoms with Crippen molar-refractivity contribution in [2.24, 2.45) is 4.99 Å². The quantitative estimate of drug-likeness (QED) is 0.341. The number of thioether (sulfide) groups is 1. The highest BCUT2D eigenvalue weighted by Gasteiger charge is 2.33. The van der Waals surface area contributed by atoms with Gasteiger partial charge in [0.2, 0.25) is 0 Å². The lowest BCUT2D eigenvalue weighted by atomic mass is 10.2. The van der Waals surface area contributed by atoms with E-state index in [4.69, 9.17) is 9.73 Å². The Labute approximate surface area is 186 Å². The van der Waals surface area contributed by atoms with E-state index in [1.165, 1.54) is 11.8 Å². The largest absolute Gasteiger partial charge is 0.490 e. The lowest BCUT2D eigenvalue weighted by Gasteiger charge is -2.15. The minimum atomic E-state index is -0.0458. The molecule has 0 saturated carbocycles. The van der Waals surface area contributed by atoms with E-state index in [-0.39, 0.29) is 5.91 Å². The highest BCUT2D eigenvalue weighted by molar-refractivity contribution is 8.18. The van der Waals surface area contributed by atoms with Crippen LogP contribution in [0.25, 0.3) is 6.08 Å². The molecule has 0 N–H and O–H groups in total. The molecule has 0 aliphatic carbocycles. The molecule has 31 heavy (non-hydrogen) atoms. The van der Waals surface area contributed by atoms with Gasteiger partial charge < -0.3 is 4.74 Å². The zero-order chi connectivity index (χ0) is 21.5. The van der Waals surface area contributed by atoms with Crippen molar-refractivity contribution in [1.82, 2.24) is 4.90 Å². The van der Waals surface area contributed by atoms with E-state index in [9.17, 15) is 4.79 Å². The summed E-state index contributed by atoms with van der Waals surface area (Å²) >= 11 is 1.40. The summed E-state index contributed by atoms with van der Waals surface area (Å²) in [4.78, 5) is 20.4. The molecule has 4 nitrogen and oxygen atoms in total. The normalized spacial score (nSPS) is 16.1. The Morgan fingerprint density at radius 1 is 0.935 bits per heavy atom. The summed E-state index contributed by atoms with van der Waals surface area (Å²) in [5, 5.41) is 0.678. The molecule has 0 bridgehead atoms. The van der Waals surface area contributed by atoms with Gasteiger partial charge in [-0.2, -0.15) is 0 Å². The van der Waals surface area contributed by atoms with Crippen molar-refractivity contribution < 1.29 is 9.53 Å². The molecule has 4 rings (SSSR count). The molecule has 0 unspecified atom stereocenters. The fraction of sp³-hybridized carbons (Fsp3) is 0.0769. The number of ether oxygens (including phenoxy) is 1. The van der Waals surface area contributed by atoms with Crippen LogP contribution in [0.5, 0.6) is 5.75 Å². The fourth-order valence-electron chi connectivity index (χ4n) is 3.08. The first-order valence-corrected chi connectivity index (χ1v) is 10.8. The van der Waals surface area contributed by atoms with Crippen molar-refractivity contribution in [3.05, 3.63) is 114 Å². The highest BCUT2D eigenvalue weighted by atomic mass is 32.2. The van der Waals surface area contributed by atoms with Crippen molar-refractivity contribution in [1.29, 1.82) is 0 Å². The third-order valence-corrected chi connectivity index (χ3v) is 5.60. The summed E-state index contributed by atoms with van der Waals surface area (Å²) in [5.41, 5.74) is 2.81. The van der Waals surface area contributed by atoms with E-state index in [1.54, 1.807) is 11.0 Å². The third-order valence-electron chi connectivity index (χ3n) is 4.60. The molecule has 1 saturated heterocycles. The van der Waals surface area contributed by atoms with Crippen LogP contribution in [-0.2, 0) is 11.3 Å². The molecule has 5 heteroatoms. The Morgan fingerprint density at radius 2 is 1.61 bits per heavy atom. The molecule has 3 aromatic rings. The predicted molar refractivity (Wildman–Crippen MR) is 128 cm³/mol. The maximum atomic E-state index is 13.2. The van der Waals surface area contributed by atoms with Crippen molar-refractivity contribution >= 4 is 34.6 Å². The Bertz CT molecular complexity index is 1110. The maximum absolute atomic E-state index is 13.2. The van der Waals surface area contributed by atoms with Crippen LogP contribution in [-0.4, -0.2) is 22.6 Å². The van der Waals surface area contributed by atoms with Gasteiger partial charge in [-0.15, -0.1) is 0 Å². The van der Waals surface area contributed by atoms with Gasteiger partial charge in [0.05, 0.1) is 17.1 Å². The maximum Gasteiger partial charge on any atom is 0.267 e. The second-order valence-corrected chi connectivity index (χ2v) is 7.90. The van der Waals surface area contributed by atoms with E-state index < -0.39 is 0 Å². The summed E-state index contributed by atoms with van der Waals surface area (Å²) in [6.45, 7) is 4.59. The second-order valence-electron chi connectivity index (χ2n) is 6.89. The number of hydrogen-bond acceptors (Lipinski definition) is 4. The fourth-order valence-corrected chi connectivity index (χ4v) is 4.07. The number of hydrogen-bond donors (Lipinski definition) is 0. The average molecular weight is 427 g/mol. The number of amidine groups is 1. The zero-order valence-electron chi connectivity index (χ0n) is 17.0. The minimum Gasteiger partial charge on any atom is -0.490 e. The molecule has 1 aliphatic rings. The van der Waals surface area contributed by atoms with Crippen LogP contribution in [0.3, 0.4) is 0 Å². The first-order chi connectivity index (χ1) is 15.2. The van der Waals surface area contributed by atoms with Gasteiger partial charge in [0, 0.05) is 0 Å². The van der Waals surface area contributed by atoms with E-state index in [1.807, 2.05) is 91.0 Å². The number of rotatable bonds is 7. The predicted octanol–water partition coefficient (Wildman–Crippen LogP) is 6.06. The van der Waals surface area contributed by atoms with Crippen LogP contribution in [0, 0.1) is 0 Å². The second kappa shape index (κ2) is 9.96. The summed E-state index contributed by atoms with van der Waals surface area (Å²) in [5.74, 6) is 0.722. The van der Waals surface area contributed by atoms with E-state index in [2.05, 4.69) is 6.58 Å². The minimum absolute atomic E-state index is 0.0458. The van der Waals surface area contributed by atoms with Gasteiger partial charge in [0.1, 0.15) is 12.4 Å². The Balaban J connectivity index is 1.62. The highest BCUT2D eigenvalue weighted by Crippen LogP contribution is 2.35. The lowest BCUT2D eigenvalue weighted by Crippen LogP contribution is -2.28. The lowest BCUT2D eigenvalue weighted by molar-refractivity contribution is -0.122. The average Bonchev–Trinajstić information content (AvgIpc) is 3.09. The summed E-state index contributed by atoms with van der Waals surface area (Å²) in [6.07, 6.45) is 3.61. The summed E-state index contributed by atoms with van der Waals surface area (Å²) in [7, 11) is 0. The number of nitrogens with zero attached hydrogens (tertiary/aromatic N) is 2. The van der Waals surface area contributed by atoms with Crippen LogP contribution in [0.1, 0.15) is 11.1 Å². The number of amides is 1. The molecule has 0 atom stereocenters. The van der Waals surface area contributed by atoms with Crippen molar-refractivity contribution in [3.63, 3.8) is 0 Å². The summed E-state index contributed by atoms with van der Waals surface area (Å²) < 4.78 is 5.53. The van der Waals surface area contributed by atoms with E-state index >= 15 is 0 Å². The standard InChI is InChI=1S/C26H22N2O2S/c1-2-17-30-23-15-13-20(14-16-23)18-24-25(29)28(19-21-9-5-3-6-10-21)26(31-24)27-22-11-7-4-8-12-22/h2-16,18H,1,17,19H2/b24-18-,27-26?. The van der Waals surface area contributed by atoms with E-state index in [0.29, 0.717) is 23.2 Å². The molecular weight excluding hydrogens is 404 g/mol. The first kappa shape index (κ1) is 20.7. The van der Waals surface area contributed by atoms with Gasteiger partial charge in [-0.05, 0) is 53.2 Å². The van der Waals surface area contributed by atoms with E-state index in [0.717, 1.165) is 22.6 Å². The zero-order valence-corrected chi connectivity index (χ0v) is 17.8. The van der Waals surface area contributed by atoms with Gasteiger partial charge >= 0.3 is 0 Å². The summed E-state index contributed by atoms with van der Waals surface area (Å²) in [6, 6.07) is 27.3. The molecule has 1 heterocycles. The van der Waals surface area contributed by atoms with Crippen molar-refractivity contribution in [3.8, 4) is 5.75 Å². The van der Waals surface area contributed by atoms with Crippen molar-refractivity contribution in [2.45, 2.75) is 6.54 Å². The van der Waals surface area contributed by atoms with Gasteiger partial charge in [0.25, 0.3) is 5.91 Å². The SMILES string of the molecule is C=CCOc1ccc(/C=C2\SC(=Nc3ccccc3)N(Cc3ccccc3)C2=O)cc1. The Kier molecular flexibility index (Phi) is 6.65. The van der Waals surface area contributed by atoms with Gasteiger partial charge in [0.15, 0.2) is 5.17 Å². The molecule has 3 aromatic carbocycles. The number of carbonyl (C=O) groups is 1. The smallest absolute Gasteiger partial charge is 0.267 e. The molecule has 1 aliphatic heterocycles. The third kappa shape index (κ3) is 5.32. The Hall–Kier alpha value is -3.57.